The lowest BCUT2D eigenvalue weighted by Gasteiger charge is -2.49. The second-order valence-electron chi connectivity index (χ2n) is 16.9. The average Bonchev–Trinajstić information content (AvgIpc) is 3.04. The molecule has 4 atom stereocenters. The van der Waals surface area contributed by atoms with Gasteiger partial charge in [0.2, 0.25) is 17.7 Å². The molecule has 10 heteroatoms. The molecule has 2 N–H and O–H groups in total. The predicted molar refractivity (Wildman–Crippen MR) is 182 cm³/mol. The topological polar surface area (TPSA) is 108 Å². The maximum atomic E-state index is 14.3. The monoisotopic (exact) mass is 668 g/mol. The molecule has 3 saturated heterocycles. The molecule has 0 aromatic heterocycles. The number of carbonyl (C=O) groups excluding carboxylic acids is 4. The third kappa shape index (κ3) is 8.51. The molecule has 48 heavy (non-hydrogen) atoms. The van der Waals surface area contributed by atoms with E-state index in [0.29, 0.717) is 45.3 Å². The van der Waals surface area contributed by atoms with E-state index in [0.717, 1.165) is 37.7 Å². The van der Waals surface area contributed by atoms with Crippen LogP contribution >= 0.6 is 0 Å². The number of nitrogens with zero attached hydrogens (tertiary/aromatic N) is 2. The van der Waals surface area contributed by atoms with Crippen molar-refractivity contribution in [3.63, 3.8) is 0 Å². The van der Waals surface area contributed by atoms with Crippen LogP contribution in [-0.2, 0) is 25.5 Å². The smallest absolute Gasteiger partial charge is 0.410 e. The molecule has 3 heterocycles. The number of hydrogen-bond acceptors (Lipinski definition) is 5. The Hall–Kier alpha value is -3.17. The molecule has 266 valence electrons. The first-order valence-electron chi connectivity index (χ1n) is 18.2. The second-order valence-corrected chi connectivity index (χ2v) is 16.9. The summed E-state index contributed by atoms with van der Waals surface area (Å²) >= 11 is 0. The molecule has 2 bridgehead atoms. The third-order valence-corrected chi connectivity index (χ3v) is 11.0. The maximum Gasteiger partial charge on any atom is 0.410 e. The summed E-state index contributed by atoms with van der Waals surface area (Å²) in [6.07, 6.45) is 8.79. The van der Waals surface area contributed by atoms with Gasteiger partial charge in [0.05, 0.1) is 11.3 Å². The van der Waals surface area contributed by atoms with Crippen LogP contribution in [0.1, 0.15) is 111 Å². The summed E-state index contributed by atoms with van der Waals surface area (Å²) in [6, 6.07) is 4.88. The molecule has 4 amide bonds. The Balaban J connectivity index is 1.33. The number of fused-ring (bicyclic) bond motifs is 3. The molecule has 1 aromatic carbocycles. The fourth-order valence-corrected chi connectivity index (χ4v) is 8.63. The quantitative estimate of drug-likeness (QED) is 0.371. The van der Waals surface area contributed by atoms with Crippen LogP contribution in [0.5, 0.6) is 0 Å². The Morgan fingerprint density at radius 1 is 0.938 bits per heavy atom. The highest BCUT2D eigenvalue weighted by molar-refractivity contribution is 5.90. The highest BCUT2D eigenvalue weighted by atomic mass is 19.1. The maximum absolute atomic E-state index is 14.3. The number of benzene rings is 1. The number of carbonyl (C=O) groups is 4. The first-order chi connectivity index (χ1) is 22.5. The Labute approximate surface area is 286 Å². The van der Waals surface area contributed by atoms with Crippen LogP contribution in [0.25, 0.3) is 0 Å². The molecule has 6 rings (SSSR count). The van der Waals surface area contributed by atoms with Crippen molar-refractivity contribution < 1.29 is 28.3 Å². The Kier molecular flexibility index (Phi) is 10.8. The summed E-state index contributed by atoms with van der Waals surface area (Å²) in [5, 5.41) is 6.36. The van der Waals surface area contributed by atoms with E-state index in [1.165, 1.54) is 18.6 Å². The molecule has 3 aliphatic heterocycles. The van der Waals surface area contributed by atoms with E-state index in [2.05, 4.69) is 10.6 Å². The molecule has 2 aliphatic carbocycles. The summed E-state index contributed by atoms with van der Waals surface area (Å²) in [5.41, 5.74) is -0.775. The minimum absolute atomic E-state index is 0.0899. The van der Waals surface area contributed by atoms with E-state index in [1.54, 1.807) is 21.9 Å². The standard InChI is InChI=1S/C38H57FN4O5/c1-36(2,3)41-34(46)38(27-10-8-7-9-11-27)18-20-42(21-19-38)33(45)30(23-25-12-15-28(39)16-13-25)40-32(44)29-22-26-14-17-31(29)43(24-26)35(47)48-37(4,5)6/h12-13,15-16,26-27,29-31H,7-11,14,17-24H2,1-6H3,(H,40,44)(H,41,46)/t26-,29+,30-,31-/m1/s1. The van der Waals surface area contributed by atoms with Gasteiger partial charge in [0, 0.05) is 37.6 Å². The van der Waals surface area contributed by atoms with Crippen molar-refractivity contribution in [1.82, 2.24) is 20.4 Å². The largest absolute Gasteiger partial charge is 0.444 e. The molecular formula is C38H57FN4O5. The second kappa shape index (κ2) is 14.4. The SMILES string of the molecule is CC(C)(C)NC(=O)C1(C2CCCCC2)CCN(C(=O)[C@@H](Cc2ccc(F)cc2)NC(=O)[C@H]2C[C@H]3CC[C@H]2N(C(=O)OC(C)(C)C)C3)CC1. The molecule has 5 aliphatic rings. The molecule has 5 fully saturated rings. The van der Waals surface area contributed by atoms with Gasteiger partial charge in [-0.1, -0.05) is 31.4 Å². The lowest BCUT2D eigenvalue weighted by atomic mass is 9.63. The summed E-state index contributed by atoms with van der Waals surface area (Å²) in [6.45, 7) is 13.0. The van der Waals surface area contributed by atoms with Crippen LogP contribution in [0.4, 0.5) is 9.18 Å². The fraction of sp³-hybridized carbons (Fsp3) is 0.737. The highest BCUT2D eigenvalue weighted by Crippen LogP contribution is 2.47. The van der Waals surface area contributed by atoms with Gasteiger partial charge in [-0.25, -0.2) is 9.18 Å². The van der Waals surface area contributed by atoms with Crippen molar-refractivity contribution in [2.75, 3.05) is 19.6 Å². The third-order valence-electron chi connectivity index (χ3n) is 11.0. The van der Waals surface area contributed by atoms with Crippen molar-refractivity contribution in [3.05, 3.63) is 35.6 Å². The van der Waals surface area contributed by atoms with E-state index in [-0.39, 0.29) is 53.4 Å². The highest BCUT2D eigenvalue weighted by Gasteiger charge is 2.50. The molecule has 9 nitrogen and oxygen atoms in total. The first-order valence-corrected chi connectivity index (χ1v) is 18.2. The van der Waals surface area contributed by atoms with Gasteiger partial charge in [-0.05, 0) is 116 Å². The van der Waals surface area contributed by atoms with Gasteiger partial charge < -0.3 is 25.2 Å². The van der Waals surface area contributed by atoms with Crippen molar-refractivity contribution in [2.24, 2.45) is 23.2 Å². The van der Waals surface area contributed by atoms with Crippen LogP contribution in [0.3, 0.4) is 0 Å². The minimum Gasteiger partial charge on any atom is -0.444 e. The van der Waals surface area contributed by atoms with Gasteiger partial charge in [-0.15, -0.1) is 0 Å². The van der Waals surface area contributed by atoms with E-state index in [1.807, 2.05) is 41.5 Å². The van der Waals surface area contributed by atoms with Crippen LogP contribution in [0, 0.1) is 29.0 Å². The molecular weight excluding hydrogens is 611 g/mol. The normalized spacial score (nSPS) is 25.3. The molecule has 1 aromatic rings. The summed E-state index contributed by atoms with van der Waals surface area (Å²) in [7, 11) is 0. The van der Waals surface area contributed by atoms with Gasteiger partial charge in [-0.3, -0.25) is 14.4 Å². The van der Waals surface area contributed by atoms with Gasteiger partial charge >= 0.3 is 6.09 Å². The fourth-order valence-electron chi connectivity index (χ4n) is 8.63. The number of hydrogen-bond donors (Lipinski definition) is 2. The van der Waals surface area contributed by atoms with Crippen molar-refractivity contribution >= 4 is 23.8 Å². The lowest BCUT2D eigenvalue weighted by Crippen LogP contribution is -2.62. The lowest BCUT2D eigenvalue weighted by molar-refractivity contribution is -0.148. The van der Waals surface area contributed by atoms with Crippen molar-refractivity contribution in [3.8, 4) is 0 Å². The molecule has 0 unspecified atom stereocenters. The van der Waals surface area contributed by atoms with E-state index in [4.69, 9.17) is 4.74 Å². The van der Waals surface area contributed by atoms with Crippen LogP contribution in [-0.4, -0.2) is 76.5 Å². The van der Waals surface area contributed by atoms with Crippen molar-refractivity contribution in [2.45, 2.75) is 135 Å². The molecule has 2 saturated carbocycles. The van der Waals surface area contributed by atoms with Crippen LogP contribution in [0.2, 0.25) is 0 Å². The number of halogens is 1. The number of piperidine rings is 3. The minimum atomic E-state index is -0.857. The van der Waals surface area contributed by atoms with Gasteiger partial charge in [0.25, 0.3) is 0 Å². The number of ether oxygens (including phenoxy) is 1. The predicted octanol–water partition coefficient (Wildman–Crippen LogP) is 5.99. The van der Waals surface area contributed by atoms with E-state index in [9.17, 15) is 23.6 Å². The molecule has 0 radical (unpaired) electrons. The summed E-state index contributed by atoms with van der Waals surface area (Å²) < 4.78 is 19.5. The molecule has 0 spiro atoms. The average molecular weight is 669 g/mol. The van der Waals surface area contributed by atoms with Gasteiger partial charge in [-0.2, -0.15) is 0 Å². The Morgan fingerprint density at radius 3 is 2.17 bits per heavy atom. The van der Waals surface area contributed by atoms with Gasteiger partial charge in [0.1, 0.15) is 17.5 Å². The zero-order chi connectivity index (χ0) is 34.9. The Morgan fingerprint density at radius 2 is 1.58 bits per heavy atom. The van der Waals surface area contributed by atoms with Crippen LogP contribution < -0.4 is 10.6 Å². The summed E-state index contributed by atoms with van der Waals surface area (Å²) in [5.74, 6) is -0.673. The zero-order valence-corrected chi connectivity index (χ0v) is 29.9. The van der Waals surface area contributed by atoms with E-state index >= 15 is 0 Å². The number of likely N-dealkylation sites (tertiary alicyclic amines) is 1. The number of rotatable bonds is 7. The number of nitrogens with one attached hydrogen (secondary N) is 2. The first kappa shape index (κ1) is 36.1. The zero-order valence-electron chi connectivity index (χ0n) is 29.9. The van der Waals surface area contributed by atoms with Crippen LogP contribution in [0.15, 0.2) is 24.3 Å². The van der Waals surface area contributed by atoms with Gasteiger partial charge in [0.15, 0.2) is 0 Å². The summed E-state index contributed by atoms with van der Waals surface area (Å²) in [4.78, 5) is 58.9. The van der Waals surface area contributed by atoms with Crippen molar-refractivity contribution in [1.29, 1.82) is 0 Å². The Bertz CT molecular complexity index is 1320. The van der Waals surface area contributed by atoms with E-state index < -0.39 is 29.1 Å². The number of amides is 4.